The molecule has 0 aromatic carbocycles. The molecule has 0 spiro atoms. The first-order valence-electron chi connectivity index (χ1n) is 3.22. The lowest BCUT2D eigenvalue weighted by molar-refractivity contribution is 0.269. The van der Waals surface area contributed by atoms with Gasteiger partial charge >= 0.3 is 0 Å². The molecule has 10 heavy (non-hydrogen) atoms. The topological polar surface area (TPSA) is 9.23 Å². The van der Waals surface area contributed by atoms with Gasteiger partial charge in [0.15, 0.2) is 0 Å². The lowest BCUT2D eigenvalue weighted by Crippen LogP contribution is -1.76. The molecule has 54 valence electrons. The van der Waals surface area contributed by atoms with Gasteiger partial charge in [0.25, 0.3) is 0 Å². The van der Waals surface area contributed by atoms with Gasteiger partial charge in [0.05, 0.1) is 12.9 Å². The lowest BCUT2D eigenvalue weighted by Gasteiger charge is -1.91. The molecule has 0 heterocycles. The van der Waals surface area contributed by atoms with Crippen molar-refractivity contribution < 1.29 is 4.74 Å². The van der Waals surface area contributed by atoms with Gasteiger partial charge in [0.2, 0.25) is 0 Å². The van der Waals surface area contributed by atoms with Crippen LogP contribution in [0.5, 0.6) is 0 Å². The second-order valence-corrected chi connectivity index (χ2v) is 1.81. The fourth-order valence-electron chi connectivity index (χ4n) is 0.431. The van der Waals surface area contributed by atoms with Crippen LogP contribution in [0, 0.1) is 12.3 Å². The van der Waals surface area contributed by atoms with Crippen LogP contribution >= 0.6 is 0 Å². The number of allylic oxidation sites excluding steroid dienone is 3. The van der Waals surface area contributed by atoms with Gasteiger partial charge in [0, 0.05) is 0 Å². The highest BCUT2D eigenvalue weighted by atomic mass is 16.5. The summed E-state index contributed by atoms with van der Waals surface area (Å²) in [6.45, 7) is 4.56. The summed E-state index contributed by atoms with van der Waals surface area (Å²) in [6, 6.07) is 0. The minimum absolute atomic E-state index is 0.694. The quantitative estimate of drug-likeness (QED) is 0.328. The minimum Gasteiger partial charge on any atom is -0.501 e. The van der Waals surface area contributed by atoms with Crippen molar-refractivity contribution in [3.05, 3.63) is 24.0 Å². The molecule has 0 unspecified atom stereocenters. The molecule has 0 saturated carbocycles. The summed E-state index contributed by atoms with van der Waals surface area (Å²) in [4.78, 5) is 0. The predicted octanol–water partition coefficient (Wildman–Crippen LogP) is 2.12. The average Bonchev–Trinajstić information content (AvgIpc) is 1.89. The third kappa shape index (κ3) is 4.99. The molecule has 0 amide bonds. The summed E-state index contributed by atoms with van der Waals surface area (Å²) in [5.74, 6) is 2.43. The fraction of sp³-hybridized carbons (Fsp3) is 0.333. The zero-order valence-corrected chi connectivity index (χ0v) is 6.42. The van der Waals surface area contributed by atoms with Gasteiger partial charge in [-0.15, -0.1) is 6.42 Å². The van der Waals surface area contributed by atoms with Crippen LogP contribution in [0.1, 0.15) is 13.8 Å². The molecule has 0 rings (SSSR count). The third-order valence-corrected chi connectivity index (χ3v) is 0.905. The molecule has 1 heteroatoms. The maximum absolute atomic E-state index is 5.03. The Hall–Kier alpha value is -1.16. The second-order valence-electron chi connectivity index (χ2n) is 1.81. The third-order valence-electron chi connectivity index (χ3n) is 0.905. The highest BCUT2D eigenvalue weighted by Gasteiger charge is 1.76. The van der Waals surface area contributed by atoms with E-state index >= 15 is 0 Å². The van der Waals surface area contributed by atoms with Crippen molar-refractivity contribution in [1.29, 1.82) is 0 Å². The first-order valence-corrected chi connectivity index (χ1v) is 3.22. The van der Waals surface area contributed by atoms with E-state index in [0.717, 1.165) is 5.57 Å². The molecule has 0 atom stereocenters. The van der Waals surface area contributed by atoms with Gasteiger partial charge in [0.1, 0.15) is 0 Å². The minimum atomic E-state index is 0.694. The van der Waals surface area contributed by atoms with Gasteiger partial charge in [-0.25, -0.2) is 0 Å². The van der Waals surface area contributed by atoms with Gasteiger partial charge in [-0.2, -0.15) is 0 Å². The molecule has 0 saturated heterocycles. The van der Waals surface area contributed by atoms with Crippen LogP contribution in [-0.4, -0.2) is 6.61 Å². The molecular formula is C9H12O. The Balaban J connectivity index is 3.68. The largest absolute Gasteiger partial charge is 0.501 e. The second kappa shape index (κ2) is 5.97. The molecule has 0 aromatic heterocycles. The summed E-state index contributed by atoms with van der Waals surface area (Å²) < 4.78 is 4.96. The van der Waals surface area contributed by atoms with E-state index in [4.69, 9.17) is 11.2 Å². The summed E-state index contributed by atoms with van der Waals surface area (Å²) in [5.41, 5.74) is 1.02. The molecule has 0 fully saturated rings. The number of terminal acetylenes is 1. The molecule has 0 bridgehead atoms. The Morgan fingerprint density at radius 2 is 2.40 bits per heavy atom. The van der Waals surface area contributed by atoms with E-state index in [2.05, 4.69) is 5.92 Å². The lowest BCUT2D eigenvalue weighted by atomic mass is 10.3. The number of rotatable bonds is 3. The Morgan fingerprint density at radius 1 is 1.70 bits per heavy atom. The van der Waals surface area contributed by atoms with Gasteiger partial charge in [-0.3, -0.25) is 0 Å². The Morgan fingerprint density at radius 3 is 2.90 bits per heavy atom. The highest BCUT2D eigenvalue weighted by molar-refractivity contribution is 5.23. The van der Waals surface area contributed by atoms with E-state index in [1.807, 2.05) is 19.9 Å². The number of ether oxygens (including phenoxy) is 1. The van der Waals surface area contributed by atoms with Crippen LogP contribution in [0.2, 0.25) is 0 Å². The average molecular weight is 136 g/mol. The molecule has 0 aromatic rings. The summed E-state index contributed by atoms with van der Waals surface area (Å²) >= 11 is 0. The molecule has 1 nitrogen and oxygen atoms in total. The first kappa shape index (κ1) is 8.84. The van der Waals surface area contributed by atoms with Crippen LogP contribution in [-0.2, 0) is 4.74 Å². The van der Waals surface area contributed by atoms with E-state index in [1.165, 1.54) is 0 Å². The first-order chi connectivity index (χ1) is 4.81. The Bertz CT molecular complexity index is 170. The van der Waals surface area contributed by atoms with Crippen molar-refractivity contribution in [3.63, 3.8) is 0 Å². The highest BCUT2D eigenvalue weighted by Crippen LogP contribution is 1.93. The summed E-state index contributed by atoms with van der Waals surface area (Å²) in [6.07, 6.45) is 10.2. The normalized spacial score (nSPS) is 11.5. The van der Waals surface area contributed by atoms with E-state index < -0.39 is 0 Å². The zero-order valence-electron chi connectivity index (χ0n) is 6.42. The van der Waals surface area contributed by atoms with Crippen LogP contribution in [0.25, 0.3) is 0 Å². The smallest absolute Gasteiger partial charge is 0.0845 e. The number of hydrogen-bond donors (Lipinski definition) is 0. The van der Waals surface area contributed by atoms with Gasteiger partial charge < -0.3 is 4.74 Å². The van der Waals surface area contributed by atoms with Crippen molar-refractivity contribution in [2.45, 2.75) is 13.8 Å². The van der Waals surface area contributed by atoms with E-state index in [9.17, 15) is 0 Å². The van der Waals surface area contributed by atoms with Crippen molar-refractivity contribution in [2.75, 3.05) is 6.61 Å². The standard InChI is InChI=1S/C9H12O/c1-4-6-9(3)7-8-10-5-2/h1,6-8H,5H2,2-3H3. The van der Waals surface area contributed by atoms with Crippen molar-refractivity contribution in [3.8, 4) is 12.3 Å². The number of hydrogen-bond acceptors (Lipinski definition) is 1. The maximum atomic E-state index is 5.03. The molecule has 0 aliphatic carbocycles. The zero-order chi connectivity index (χ0) is 7.82. The summed E-state index contributed by atoms with van der Waals surface area (Å²) in [5, 5.41) is 0. The van der Waals surface area contributed by atoms with Crippen LogP contribution in [0.4, 0.5) is 0 Å². The maximum Gasteiger partial charge on any atom is 0.0845 e. The monoisotopic (exact) mass is 136 g/mol. The van der Waals surface area contributed by atoms with Gasteiger partial charge in [-0.1, -0.05) is 5.92 Å². The SMILES string of the molecule is C#CC=C(C)C=COCC. The van der Waals surface area contributed by atoms with Crippen molar-refractivity contribution in [1.82, 2.24) is 0 Å². The van der Waals surface area contributed by atoms with E-state index in [0.29, 0.717) is 6.61 Å². The Kier molecular flexibility index (Phi) is 5.28. The van der Waals surface area contributed by atoms with Gasteiger partial charge in [-0.05, 0) is 31.6 Å². The van der Waals surface area contributed by atoms with Crippen LogP contribution < -0.4 is 0 Å². The van der Waals surface area contributed by atoms with Crippen LogP contribution in [0.15, 0.2) is 24.0 Å². The Labute approximate surface area is 62.4 Å². The fourth-order valence-corrected chi connectivity index (χ4v) is 0.431. The summed E-state index contributed by atoms with van der Waals surface area (Å²) in [7, 11) is 0. The van der Waals surface area contributed by atoms with Crippen molar-refractivity contribution >= 4 is 0 Å². The molecule has 0 aliphatic heterocycles. The molecular weight excluding hydrogens is 124 g/mol. The molecule has 0 radical (unpaired) electrons. The van der Waals surface area contributed by atoms with E-state index in [-0.39, 0.29) is 0 Å². The molecule has 0 N–H and O–H groups in total. The predicted molar refractivity (Wildman–Crippen MR) is 43.4 cm³/mol. The molecule has 0 aliphatic rings. The van der Waals surface area contributed by atoms with Crippen molar-refractivity contribution in [2.24, 2.45) is 0 Å². The van der Waals surface area contributed by atoms with Crippen LogP contribution in [0.3, 0.4) is 0 Å². The van der Waals surface area contributed by atoms with E-state index in [1.54, 1.807) is 12.3 Å².